The number of hydrogen-bond donors (Lipinski definition) is 3. The van der Waals surface area contributed by atoms with Crippen LogP contribution in [0.1, 0.15) is 5.56 Å². The smallest absolute Gasteiger partial charge is 0.328 e. The molecule has 0 fully saturated rings. The number of carboxylic acid groups (broad SMARTS) is 1. The van der Waals surface area contributed by atoms with Crippen molar-refractivity contribution < 1.29 is 28.9 Å². The van der Waals surface area contributed by atoms with Crippen LogP contribution < -0.4 is 10.1 Å². The Morgan fingerprint density at radius 2 is 2.16 bits per heavy atom. The molecular weight excluding hydrogens is 257 g/mol. The Bertz CT molecular complexity index is 477. The highest BCUT2D eigenvalue weighted by Gasteiger charge is 2.18. The first kappa shape index (κ1) is 14.9. The SMILES string of the molecule is COc1ccc(CC(=O)N[C@@H](CO)C(=O)O)cc1F. The molecule has 1 atom stereocenters. The van der Waals surface area contributed by atoms with Gasteiger partial charge in [-0.05, 0) is 17.7 Å². The summed E-state index contributed by atoms with van der Waals surface area (Å²) in [6.45, 7) is -0.710. The zero-order valence-corrected chi connectivity index (χ0v) is 10.2. The topological polar surface area (TPSA) is 95.9 Å². The van der Waals surface area contributed by atoms with Crippen LogP contribution >= 0.6 is 0 Å². The van der Waals surface area contributed by atoms with E-state index in [9.17, 15) is 14.0 Å². The number of halogens is 1. The fraction of sp³-hybridized carbons (Fsp3) is 0.333. The molecule has 0 aromatic heterocycles. The van der Waals surface area contributed by atoms with Gasteiger partial charge in [-0.2, -0.15) is 0 Å². The summed E-state index contributed by atoms with van der Waals surface area (Å²) < 4.78 is 18.1. The summed E-state index contributed by atoms with van der Waals surface area (Å²) in [6, 6.07) is 2.64. The van der Waals surface area contributed by atoms with E-state index >= 15 is 0 Å². The molecule has 0 saturated carbocycles. The third-order valence-corrected chi connectivity index (χ3v) is 2.40. The minimum absolute atomic E-state index is 0.0583. The van der Waals surface area contributed by atoms with Crippen LogP contribution in [0.3, 0.4) is 0 Å². The molecule has 0 unspecified atom stereocenters. The lowest BCUT2D eigenvalue weighted by Gasteiger charge is -2.11. The second kappa shape index (κ2) is 6.69. The van der Waals surface area contributed by atoms with Gasteiger partial charge < -0.3 is 20.3 Å². The monoisotopic (exact) mass is 271 g/mol. The number of carbonyl (C=O) groups excluding carboxylic acids is 1. The van der Waals surface area contributed by atoms with Gasteiger partial charge in [0.15, 0.2) is 11.6 Å². The van der Waals surface area contributed by atoms with Crippen molar-refractivity contribution in [2.75, 3.05) is 13.7 Å². The van der Waals surface area contributed by atoms with Crippen LogP contribution in [0.5, 0.6) is 5.75 Å². The van der Waals surface area contributed by atoms with Crippen molar-refractivity contribution in [2.24, 2.45) is 0 Å². The molecule has 6 nitrogen and oxygen atoms in total. The molecule has 7 heteroatoms. The summed E-state index contributed by atoms with van der Waals surface area (Å²) in [7, 11) is 1.32. The molecule has 1 rings (SSSR count). The number of benzene rings is 1. The Morgan fingerprint density at radius 3 is 2.63 bits per heavy atom. The molecule has 1 aromatic carbocycles. The second-order valence-electron chi connectivity index (χ2n) is 3.79. The summed E-state index contributed by atoms with van der Waals surface area (Å²) in [6.07, 6.45) is -0.190. The minimum Gasteiger partial charge on any atom is -0.494 e. The van der Waals surface area contributed by atoms with E-state index in [2.05, 4.69) is 5.32 Å². The van der Waals surface area contributed by atoms with Crippen molar-refractivity contribution in [1.82, 2.24) is 5.32 Å². The molecule has 1 amide bonds. The first-order valence-corrected chi connectivity index (χ1v) is 5.43. The van der Waals surface area contributed by atoms with Crippen molar-refractivity contribution in [1.29, 1.82) is 0 Å². The number of hydrogen-bond acceptors (Lipinski definition) is 4. The van der Waals surface area contributed by atoms with Crippen molar-refractivity contribution in [2.45, 2.75) is 12.5 Å². The van der Waals surface area contributed by atoms with Crippen molar-refractivity contribution in [3.05, 3.63) is 29.6 Å². The zero-order valence-electron chi connectivity index (χ0n) is 10.2. The van der Waals surface area contributed by atoms with Crippen LogP contribution in [0.4, 0.5) is 4.39 Å². The summed E-state index contributed by atoms with van der Waals surface area (Å²) in [4.78, 5) is 22.1. The third-order valence-electron chi connectivity index (χ3n) is 2.40. The molecule has 0 aliphatic heterocycles. The Balaban J connectivity index is 2.67. The van der Waals surface area contributed by atoms with Gasteiger partial charge in [-0.3, -0.25) is 4.79 Å². The number of aliphatic carboxylic acids is 1. The van der Waals surface area contributed by atoms with Gasteiger partial charge in [0.2, 0.25) is 5.91 Å². The summed E-state index contributed by atoms with van der Waals surface area (Å²) in [5.74, 6) is -2.50. The number of rotatable bonds is 6. The van der Waals surface area contributed by atoms with Crippen molar-refractivity contribution >= 4 is 11.9 Å². The average molecular weight is 271 g/mol. The average Bonchev–Trinajstić information content (AvgIpc) is 2.35. The van der Waals surface area contributed by atoms with E-state index in [-0.39, 0.29) is 12.2 Å². The molecule has 0 bridgehead atoms. The van der Waals surface area contributed by atoms with Crippen molar-refractivity contribution in [3.8, 4) is 5.75 Å². The lowest BCUT2D eigenvalue weighted by atomic mass is 10.1. The summed E-state index contributed by atoms with van der Waals surface area (Å²) in [5, 5.41) is 19.5. The molecular formula is C12H14FNO5. The van der Waals surface area contributed by atoms with E-state index in [0.717, 1.165) is 6.07 Å². The second-order valence-corrected chi connectivity index (χ2v) is 3.79. The fourth-order valence-electron chi connectivity index (χ4n) is 1.44. The highest BCUT2D eigenvalue weighted by Crippen LogP contribution is 2.17. The predicted molar refractivity (Wildman–Crippen MR) is 63.3 cm³/mol. The standard InChI is InChI=1S/C12H14FNO5/c1-19-10-3-2-7(4-8(10)13)5-11(16)14-9(6-15)12(17)18/h2-4,9,15H,5-6H2,1H3,(H,14,16)(H,17,18)/t9-/m0/s1. The molecule has 1 aromatic rings. The summed E-state index contributed by atoms with van der Waals surface area (Å²) >= 11 is 0. The van der Waals surface area contributed by atoms with Crippen LogP contribution in [0.25, 0.3) is 0 Å². The molecule has 0 spiro atoms. The highest BCUT2D eigenvalue weighted by molar-refractivity contribution is 5.84. The van der Waals surface area contributed by atoms with Crippen LogP contribution in [-0.2, 0) is 16.0 Å². The molecule has 0 radical (unpaired) electrons. The van der Waals surface area contributed by atoms with E-state index in [0.29, 0.717) is 5.56 Å². The van der Waals surface area contributed by atoms with Gasteiger partial charge in [0.25, 0.3) is 0 Å². The van der Waals surface area contributed by atoms with Gasteiger partial charge in [0.05, 0.1) is 20.1 Å². The Labute approximate surface area is 108 Å². The number of aliphatic hydroxyl groups is 1. The molecule has 0 heterocycles. The third kappa shape index (κ3) is 4.22. The van der Waals surface area contributed by atoms with E-state index in [4.69, 9.17) is 14.9 Å². The van der Waals surface area contributed by atoms with E-state index in [1.54, 1.807) is 0 Å². The number of amides is 1. The van der Waals surface area contributed by atoms with Gasteiger partial charge in [-0.1, -0.05) is 6.07 Å². The molecule has 104 valence electrons. The van der Waals surface area contributed by atoms with E-state index < -0.39 is 30.3 Å². The lowest BCUT2D eigenvalue weighted by molar-refractivity contribution is -0.142. The van der Waals surface area contributed by atoms with Crippen LogP contribution in [0.2, 0.25) is 0 Å². The number of methoxy groups -OCH3 is 1. The minimum atomic E-state index is -1.37. The first-order valence-electron chi connectivity index (χ1n) is 5.43. The maximum atomic E-state index is 13.4. The number of carboxylic acids is 1. The largest absolute Gasteiger partial charge is 0.494 e. The Morgan fingerprint density at radius 1 is 1.47 bits per heavy atom. The Hall–Kier alpha value is -2.15. The van der Waals surface area contributed by atoms with Gasteiger partial charge >= 0.3 is 5.97 Å². The normalized spacial score (nSPS) is 11.7. The van der Waals surface area contributed by atoms with Crippen molar-refractivity contribution in [3.63, 3.8) is 0 Å². The molecule has 0 aliphatic rings. The number of ether oxygens (including phenoxy) is 1. The predicted octanol–water partition coefficient (Wildman–Crippen LogP) is -0.0615. The molecule has 19 heavy (non-hydrogen) atoms. The Kier molecular flexibility index (Phi) is 5.25. The van der Waals surface area contributed by atoms with Crippen LogP contribution in [0, 0.1) is 5.82 Å². The van der Waals surface area contributed by atoms with Crippen LogP contribution in [-0.4, -0.2) is 41.8 Å². The van der Waals surface area contributed by atoms with Gasteiger partial charge in [0.1, 0.15) is 6.04 Å². The van der Waals surface area contributed by atoms with Crippen LogP contribution in [0.15, 0.2) is 18.2 Å². The maximum Gasteiger partial charge on any atom is 0.328 e. The lowest BCUT2D eigenvalue weighted by Crippen LogP contribution is -2.43. The quantitative estimate of drug-likeness (QED) is 0.673. The van der Waals surface area contributed by atoms with Gasteiger partial charge in [-0.15, -0.1) is 0 Å². The highest BCUT2D eigenvalue weighted by atomic mass is 19.1. The zero-order chi connectivity index (χ0) is 14.4. The number of nitrogens with one attached hydrogen (secondary N) is 1. The van der Waals surface area contributed by atoms with Gasteiger partial charge in [0, 0.05) is 0 Å². The fourth-order valence-corrected chi connectivity index (χ4v) is 1.44. The number of aliphatic hydroxyl groups excluding tert-OH is 1. The molecule has 0 aliphatic carbocycles. The summed E-state index contributed by atoms with van der Waals surface area (Å²) in [5.41, 5.74) is 0.373. The maximum absolute atomic E-state index is 13.4. The molecule has 0 saturated heterocycles. The van der Waals surface area contributed by atoms with E-state index in [1.165, 1.54) is 19.2 Å². The van der Waals surface area contributed by atoms with E-state index in [1.807, 2.05) is 0 Å². The number of carbonyl (C=O) groups is 2. The first-order chi connectivity index (χ1) is 8.97. The van der Waals surface area contributed by atoms with Gasteiger partial charge in [-0.25, -0.2) is 9.18 Å². The molecule has 3 N–H and O–H groups in total.